The van der Waals surface area contributed by atoms with E-state index in [1.807, 2.05) is 0 Å². The first-order valence-electron chi connectivity index (χ1n) is 4.10. The van der Waals surface area contributed by atoms with Crippen molar-refractivity contribution < 1.29 is 22.0 Å². The van der Waals surface area contributed by atoms with Crippen molar-refractivity contribution in [3.8, 4) is 0 Å². The Balaban J connectivity index is 3.27. The van der Waals surface area contributed by atoms with Gasteiger partial charge >= 0.3 is 12.1 Å². The van der Waals surface area contributed by atoms with E-state index in [0.717, 1.165) is 12.1 Å². The lowest BCUT2D eigenvalue weighted by molar-refractivity contribution is -0.289. The number of alkyl halides is 5. The van der Waals surface area contributed by atoms with Crippen LogP contribution in [-0.2, 0) is 5.92 Å². The summed E-state index contributed by atoms with van der Waals surface area (Å²) in [6.07, 6.45) is -5.56. The normalized spacial score (nSPS) is 13.0. The van der Waals surface area contributed by atoms with Crippen molar-refractivity contribution in [1.29, 1.82) is 0 Å². The van der Waals surface area contributed by atoms with Gasteiger partial charge in [0.25, 0.3) is 0 Å². The van der Waals surface area contributed by atoms with E-state index >= 15 is 0 Å². The number of rotatable bonds is 1. The first-order chi connectivity index (χ1) is 6.64. The Morgan fingerprint density at radius 3 is 1.67 bits per heavy atom. The standard InChI is InChI=1S/C10H8F5/c1-6-3-7(2)5-8(4-6)9(11,12)10(13,14)15/h4-5H,1-2H3. The second-order valence-electron chi connectivity index (χ2n) is 3.31. The molecule has 0 aliphatic heterocycles. The summed E-state index contributed by atoms with van der Waals surface area (Å²) < 4.78 is 61.8. The van der Waals surface area contributed by atoms with Gasteiger partial charge in [0, 0.05) is 5.56 Å². The van der Waals surface area contributed by atoms with E-state index in [9.17, 15) is 22.0 Å². The van der Waals surface area contributed by atoms with E-state index in [1.165, 1.54) is 13.8 Å². The quantitative estimate of drug-likeness (QED) is 0.636. The van der Waals surface area contributed by atoms with Crippen molar-refractivity contribution in [2.45, 2.75) is 25.9 Å². The third-order valence-electron chi connectivity index (χ3n) is 1.86. The van der Waals surface area contributed by atoms with Gasteiger partial charge in [-0.2, -0.15) is 22.0 Å². The Hall–Kier alpha value is -1.13. The molecule has 0 spiro atoms. The molecule has 0 saturated carbocycles. The number of halogens is 5. The molecule has 1 aromatic carbocycles. The van der Waals surface area contributed by atoms with Crippen LogP contribution in [0.1, 0.15) is 16.7 Å². The van der Waals surface area contributed by atoms with Gasteiger partial charge in [-0.1, -0.05) is 0 Å². The summed E-state index contributed by atoms with van der Waals surface area (Å²) in [5, 5.41) is 0. The SMILES string of the molecule is Cc1[c]c(C)cc(C(F)(F)C(F)(F)F)c1. The summed E-state index contributed by atoms with van der Waals surface area (Å²) in [5.74, 6) is -4.81. The van der Waals surface area contributed by atoms with Crippen LogP contribution in [0, 0.1) is 19.9 Å². The van der Waals surface area contributed by atoms with E-state index in [0.29, 0.717) is 0 Å². The largest absolute Gasteiger partial charge is 0.458 e. The molecule has 1 aromatic rings. The van der Waals surface area contributed by atoms with E-state index in [4.69, 9.17) is 0 Å². The van der Waals surface area contributed by atoms with E-state index in [2.05, 4.69) is 6.07 Å². The summed E-state index contributed by atoms with van der Waals surface area (Å²) in [7, 11) is 0. The summed E-state index contributed by atoms with van der Waals surface area (Å²) in [6.45, 7) is 2.84. The molecule has 0 N–H and O–H groups in total. The number of hydrogen-bond acceptors (Lipinski definition) is 0. The van der Waals surface area contributed by atoms with Crippen LogP contribution in [0.4, 0.5) is 22.0 Å². The second kappa shape index (κ2) is 3.47. The fourth-order valence-electron chi connectivity index (χ4n) is 1.24. The predicted molar refractivity (Wildman–Crippen MR) is 44.7 cm³/mol. The Morgan fingerprint density at radius 1 is 0.933 bits per heavy atom. The molecule has 83 valence electrons. The summed E-state index contributed by atoms with van der Waals surface area (Å²) in [6, 6.07) is 4.22. The number of hydrogen-bond donors (Lipinski definition) is 0. The Labute approximate surface area is 83.7 Å². The summed E-state index contributed by atoms with van der Waals surface area (Å²) >= 11 is 0. The Morgan fingerprint density at radius 2 is 1.33 bits per heavy atom. The summed E-state index contributed by atoms with van der Waals surface area (Å²) in [4.78, 5) is 0. The van der Waals surface area contributed by atoms with Crippen molar-refractivity contribution in [3.63, 3.8) is 0 Å². The van der Waals surface area contributed by atoms with Gasteiger partial charge in [0.05, 0.1) is 0 Å². The van der Waals surface area contributed by atoms with Crippen molar-refractivity contribution in [2.75, 3.05) is 0 Å². The van der Waals surface area contributed by atoms with Crippen molar-refractivity contribution in [2.24, 2.45) is 0 Å². The average Bonchev–Trinajstić information content (AvgIpc) is 1.99. The molecule has 0 fully saturated rings. The maximum atomic E-state index is 12.9. The fourth-order valence-corrected chi connectivity index (χ4v) is 1.24. The predicted octanol–water partition coefficient (Wildman–Crippen LogP) is 3.76. The van der Waals surface area contributed by atoms with Gasteiger partial charge in [0.15, 0.2) is 0 Å². The molecule has 15 heavy (non-hydrogen) atoms. The molecule has 0 amide bonds. The maximum Gasteiger partial charge on any atom is 0.458 e. The molecule has 0 heterocycles. The minimum absolute atomic E-state index is 0.258. The lowest BCUT2D eigenvalue weighted by atomic mass is 10.0. The molecule has 0 aromatic heterocycles. The zero-order chi connectivity index (χ0) is 11.9. The van der Waals surface area contributed by atoms with Gasteiger partial charge in [0.1, 0.15) is 0 Å². The van der Waals surface area contributed by atoms with Crippen LogP contribution in [0.5, 0.6) is 0 Å². The first kappa shape index (κ1) is 11.9. The van der Waals surface area contributed by atoms with Crippen LogP contribution in [0.15, 0.2) is 12.1 Å². The van der Waals surface area contributed by atoms with Crippen LogP contribution in [-0.4, -0.2) is 6.18 Å². The molecule has 0 aliphatic rings. The van der Waals surface area contributed by atoms with E-state index in [-0.39, 0.29) is 11.1 Å². The minimum atomic E-state index is -5.56. The van der Waals surface area contributed by atoms with E-state index < -0.39 is 17.7 Å². The van der Waals surface area contributed by atoms with Crippen LogP contribution < -0.4 is 0 Å². The monoisotopic (exact) mass is 223 g/mol. The smallest absolute Gasteiger partial charge is 0.191 e. The maximum absolute atomic E-state index is 12.9. The van der Waals surface area contributed by atoms with Crippen LogP contribution in [0.2, 0.25) is 0 Å². The number of benzene rings is 1. The van der Waals surface area contributed by atoms with Crippen molar-refractivity contribution in [1.82, 2.24) is 0 Å². The van der Waals surface area contributed by atoms with Gasteiger partial charge in [-0.25, -0.2) is 0 Å². The number of aryl methyl sites for hydroxylation is 2. The molecule has 0 unspecified atom stereocenters. The molecule has 5 heteroatoms. The Kier molecular flexibility index (Phi) is 2.76. The third kappa shape index (κ3) is 2.27. The fraction of sp³-hybridized carbons (Fsp3) is 0.400. The zero-order valence-electron chi connectivity index (χ0n) is 8.04. The molecule has 0 aliphatic carbocycles. The van der Waals surface area contributed by atoms with Crippen molar-refractivity contribution in [3.05, 3.63) is 34.9 Å². The third-order valence-corrected chi connectivity index (χ3v) is 1.86. The highest BCUT2D eigenvalue weighted by molar-refractivity contribution is 5.31. The van der Waals surface area contributed by atoms with Crippen LogP contribution in [0.25, 0.3) is 0 Å². The zero-order valence-corrected chi connectivity index (χ0v) is 8.04. The van der Waals surface area contributed by atoms with Gasteiger partial charge in [-0.15, -0.1) is 0 Å². The topological polar surface area (TPSA) is 0 Å². The Bertz CT molecular complexity index is 344. The van der Waals surface area contributed by atoms with Crippen LogP contribution in [0.3, 0.4) is 0 Å². The second-order valence-corrected chi connectivity index (χ2v) is 3.31. The molecule has 0 atom stereocenters. The van der Waals surface area contributed by atoms with Crippen molar-refractivity contribution >= 4 is 0 Å². The summed E-state index contributed by atoms with van der Waals surface area (Å²) in [5.41, 5.74) is -0.522. The van der Waals surface area contributed by atoms with Gasteiger partial charge in [-0.05, 0) is 43.2 Å². The van der Waals surface area contributed by atoms with Gasteiger partial charge in [0.2, 0.25) is 0 Å². The van der Waals surface area contributed by atoms with Crippen LogP contribution >= 0.6 is 0 Å². The average molecular weight is 223 g/mol. The minimum Gasteiger partial charge on any atom is -0.191 e. The molecule has 1 radical (unpaired) electrons. The molecular weight excluding hydrogens is 215 g/mol. The highest BCUT2D eigenvalue weighted by Gasteiger charge is 2.58. The van der Waals surface area contributed by atoms with Gasteiger partial charge < -0.3 is 0 Å². The highest BCUT2D eigenvalue weighted by atomic mass is 19.4. The molecule has 0 saturated heterocycles. The molecule has 1 rings (SSSR count). The molecule has 0 nitrogen and oxygen atoms in total. The lowest BCUT2D eigenvalue weighted by Crippen LogP contribution is -2.33. The first-order valence-corrected chi connectivity index (χ1v) is 4.10. The molecular formula is C10H8F5. The highest BCUT2D eigenvalue weighted by Crippen LogP contribution is 2.44. The molecule has 0 bridgehead atoms. The van der Waals surface area contributed by atoms with E-state index in [1.54, 1.807) is 0 Å². The lowest BCUT2D eigenvalue weighted by Gasteiger charge is -2.20. The van der Waals surface area contributed by atoms with Gasteiger partial charge in [-0.3, -0.25) is 0 Å².